The van der Waals surface area contributed by atoms with E-state index in [1.165, 1.54) is 4.88 Å². The van der Waals surface area contributed by atoms with Gasteiger partial charge in [0.05, 0.1) is 13.2 Å². The van der Waals surface area contributed by atoms with Gasteiger partial charge in [0.1, 0.15) is 5.75 Å². The van der Waals surface area contributed by atoms with Crippen molar-refractivity contribution in [1.82, 2.24) is 10.6 Å². The highest BCUT2D eigenvalue weighted by Gasteiger charge is 2.01. The van der Waals surface area contributed by atoms with Crippen LogP contribution in [0, 0.1) is 0 Å². The molecule has 0 aliphatic heterocycles. The quantitative estimate of drug-likeness (QED) is 0.359. The number of nitrogens with one attached hydrogen (secondary N) is 2. The van der Waals surface area contributed by atoms with Crippen LogP contribution in [0.15, 0.2) is 46.8 Å². The second kappa shape index (κ2) is 12.3. The number of rotatable bonds is 11. The van der Waals surface area contributed by atoms with Gasteiger partial charge in [-0.05, 0) is 42.5 Å². The lowest BCUT2D eigenvalue weighted by molar-refractivity contribution is 0.172. The summed E-state index contributed by atoms with van der Waals surface area (Å²) in [7, 11) is 1.70. The standard InChI is InChI=1S/C20H29N3O2S/c1-3-21-20(22-11-10-19-9-5-14-26-19)23-16-17-7-4-8-18(15-17)25-13-6-12-24-2/h4-5,7-9,14-15H,3,6,10-13,16H2,1-2H3,(H2,21,22,23). The number of guanidine groups is 1. The van der Waals surface area contributed by atoms with Gasteiger partial charge >= 0.3 is 0 Å². The van der Waals surface area contributed by atoms with Crippen LogP contribution in [-0.2, 0) is 17.7 Å². The van der Waals surface area contributed by atoms with Gasteiger partial charge in [-0.25, -0.2) is 4.99 Å². The molecule has 2 N–H and O–H groups in total. The molecule has 0 saturated carbocycles. The fourth-order valence-electron chi connectivity index (χ4n) is 2.40. The van der Waals surface area contributed by atoms with Gasteiger partial charge in [0.15, 0.2) is 5.96 Å². The Balaban J connectivity index is 1.83. The van der Waals surface area contributed by atoms with E-state index in [2.05, 4.69) is 46.1 Å². The van der Waals surface area contributed by atoms with Gasteiger partial charge in [-0.1, -0.05) is 18.2 Å². The first-order valence-corrected chi connectivity index (χ1v) is 9.95. The topological polar surface area (TPSA) is 54.9 Å². The summed E-state index contributed by atoms with van der Waals surface area (Å²) in [6, 6.07) is 12.3. The fourth-order valence-corrected chi connectivity index (χ4v) is 3.11. The van der Waals surface area contributed by atoms with Gasteiger partial charge in [0.25, 0.3) is 0 Å². The molecule has 0 amide bonds. The molecule has 0 radical (unpaired) electrons. The average Bonchev–Trinajstić information content (AvgIpc) is 3.17. The Labute approximate surface area is 160 Å². The number of aliphatic imine (C=N–C) groups is 1. The molecule has 2 aromatic rings. The molecule has 0 aliphatic carbocycles. The smallest absolute Gasteiger partial charge is 0.191 e. The van der Waals surface area contributed by atoms with Crippen molar-refractivity contribution in [2.45, 2.75) is 26.3 Å². The van der Waals surface area contributed by atoms with E-state index in [-0.39, 0.29) is 0 Å². The lowest BCUT2D eigenvalue weighted by Gasteiger charge is -2.11. The van der Waals surface area contributed by atoms with E-state index in [0.29, 0.717) is 19.8 Å². The van der Waals surface area contributed by atoms with Crippen LogP contribution in [0.3, 0.4) is 0 Å². The van der Waals surface area contributed by atoms with Crippen molar-refractivity contribution in [1.29, 1.82) is 0 Å². The summed E-state index contributed by atoms with van der Waals surface area (Å²) < 4.78 is 10.8. The summed E-state index contributed by atoms with van der Waals surface area (Å²) in [6.07, 6.45) is 1.89. The van der Waals surface area contributed by atoms with Gasteiger partial charge in [0.2, 0.25) is 0 Å². The van der Waals surface area contributed by atoms with Crippen molar-refractivity contribution in [3.05, 3.63) is 52.2 Å². The second-order valence-corrected chi connectivity index (χ2v) is 6.83. The van der Waals surface area contributed by atoms with Crippen LogP contribution in [0.5, 0.6) is 5.75 Å². The highest BCUT2D eigenvalue weighted by molar-refractivity contribution is 7.09. The number of nitrogens with zero attached hydrogens (tertiary/aromatic N) is 1. The van der Waals surface area contributed by atoms with Crippen LogP contribution in [0.4, 0.5) is 0 Å². The van der Waals surface area contributed by atoms with Gasteiger partial charge in [0, 0.05) is 38.1 Å². The van der Waals surface area contributed by atoms with Crippen LogP contribution in [0.2, 0.25) is 0 Å². The van der Waals surface area contributed by atoms with Crippen molar-refractivity contribution in [3.63, 3.8) is 0 Å². The maximum Gasteiger partial charge on any atom is 0.191 e. The molecular weight excluding hydrogens is 346 g/mol. The van der Waals surface area contributed by atoms with Gasteiger partial charge in [-0.2, -0.15) is 0 Å². The molecule has 0 aliphatic rings. The minimum Gasteiger partial charge on any atom is -0.493 e. The zero-order chi connectivity index (χ0) is 18.5. The van der Waals surface area contributed by atoms with E-state index in [9.17, 15) is 0 Å². The Morgan fingerprint density at radius 1 is 1.15 bits per heavy atom. The van der Waals surface area contributed by atoms with E-state index < -0.39 is 0 Å². The van der Waals surface area contributed by atoms with E-state index >= 15 is 0 Å². The second-order valence-electron chi connectivity index (χ2n) is 5.79. The van der Waals surface area contributed by atoms with E-state index in [4.69, 9.17) is 9.47 Å². The lowest BCUT2D eigenvalue weighted by Crippen LogP contribution is -2.38. The minimum atomic E-state index is 0.615. The Morgan fingerprint density at radius 3 is 2.85 bits per heavy atom. The number of hydrogen-bond acceptors (Lipinski definition) is 4. The molecule has 0 saturated heterocycles. The summed E-state index contributed by atoms with van der Waals surface area (Å²) in [5.41, 5.74) is 1.13. The van der Waals surface area contributed by atoms with Crippen molar-refractivity contribution >= 4 is 17.3 Å². The molecule has 1 heterocycles. The summed E-state index contributed by atoms with van der Waals surface area (Å²) in [5.74, 6) is 1.72. The Morgan fingerprint density at radius 2 is 2.08 bits per heavy atom. The molecule has 6 heteroatoms. The third kappa shape index (κ3) is 7.89. The number of ether oxygens (including phenoxy) is 2. The third-order valence-electron chi connectivity index (χ3n) is 3.67. The average molecular weight is 376 g/mol. The molecule has 0 spiro atoms. The van der Waals surface area contributed by atoms with E-state index in [0.717, 1.165) is 43.2 Å². The van der Waals surface area contributed by atoms with Crippen molar-refractivity contribution in [2.75, 3.05) is 33.4 Å². The Hall–Kier alpha value is -2.05. The highest BCUT2D eigenvalue weighted by Crippen LogP contribution is 2.14. The molecule has 0 bridgehead atoms. The van der Waals surface area contributed by atoms with Crippen molar-refractivity contribution < 1.29 is 9.47 Å². The fraction of sp³-hybridized carbons (Fsp3) is 0.450. The number of methoxy groups -OCH3 is 1. The van der Waals surface area contributed by atoms with Gasteiger partial charge in [-0.15, -0.1) is 11.3 Å². The monoisotopic (exact) mass is 375 g/mol. The minimum absolute atomic E-state index is 0.615. The molecule has 0 fully saturated rings. The van der Waals surface area contributed by atoms with Crippen LogP contribution >= 0.6 is 11.3 Å². The molecule has 1 aromatic heterocycles. The summed E-state index contributed by atoms with van der Waals surface area (Å²) in [5, 5.41) is 8.80. The summed E-state index contributed by atoms with van der Waals surface area (Å²) in [4.78, 5) is 6.06. The normalized spacial score (nSPS) is 11.4. The van der Waals surface area contributed by atoms with Gasteiger partial charge < -0.3 is 20.1 Å². The molecule has 1 aromatic carbocycles. The number of hydrogen-bond donors (Lipinski definition) is 2. The van der Waals surface area contributed by atoms with Crippen LogP contribution in [-0.4, -0.2) is 39.4 Å². The maximum atomic E-state index is 5.75. The Bertz CT molecular complexity index is 644. The first kappa shape index (κ1) is 20.3. The van der Waals surface area contributed by atoms with E-state index in [1.54, 1.807) is 18.4 Å². The molecule has 0 unspecified atom stereocenters. The molecule has 0 atom stereocenters. The SMILES string of the molecule is CCNC(=NCc1cccc(OCCCOC)c1)NCCc1cccs1. The van der Waals surface area contributed by atoms with Crippen LogP contribution in [0.25, 0.3) is 0 Å². The summed E-state index contributed by atoms with van der Waals surface area (Å²) in [6.45, 7) is 5.78. The van der Waals surface area contributed by atoms with Crippen LogP contribution < -0.4 is 15.4 Å². The molecule has 142 valence electrons. The molecular formula is C20H29N3O2S. The third-order valence-corrected chi connectivity index (χ3v) is 4.60. The zero-order valence-electron chi connectivity index (χ0n) is 15.7. The number of thiophene rings is 1. The first-order valence-electron chi connectivity index (χ1n) is 9.07. The first-order chi connectivity index (χ1) is 12.8. The van der Waals surface area contributed by atoms with Crippen molar-refractivity contribution in [2.24, 2.45) is 4.99 Å². The van der Waals surface area contributed by atoms with Gasteiger partial charge in [-0.3, -0.25) is 0 Å². The largest absolute Gasteiger partial charge is 0.493 e. The molecule has 2 rings (SSSR count). The lowest BCUT2D eigenvalue weighted by atomic mass is 10.2. The van der Waals surface area contributed by atoms with Crippen molar-refractivity contribution in [3.8, 4) is 5.75 Å². The highest BCUT2D eigenvalue weighted by atomic mass is 32.1. The Kier molecular flexibility index (Phi) is 9.61. The zero-order valence-corrected chi connectivity index (χ0v) is 16.5. The van der Waals surface area contributed by atoms with Crippen LogP contribution in [0.1, 0.15) is 23.8 Å². The maximum absolute atomic E-state index is 5.75. The molecule has 5 nitrogen and oxygen atoms in total. The summed E-state index contributed by atoms with van der Waals surface area (Å²) >= 11 is 1.79. The molecule has 26 heavy (non-hydrogen) atoms. The predicted octanol–water partition coefficient (Wildman–Crippen LogP) is 3.46. The number of benzene rings is 1. The van der Waals surface area contributed by atoms with E-state index in [1.807, 2.05) is 18.2 Å². The predicted molar refractivity (Wildman–Crippen MR) is 109 cm³/mol.